The molecule has 0 amide bonds. The van der Waals surface area contributed by atoms with E-state index in [1.54, 1.807) is 6.07 Å². The number of benzene rings is 1. The molecule has 1 N–H and O–H groups in total. The van der Waals surface area contributed by atoms with Gasteiger partial charge in [0.2, 0.25) is 0 Å². The maximum atomic E-state index is 12.9. The molecular formula is C14H21FO2. The lowest BCUT2D eigenvalue weighted by atomic mass is 9.98. The van der Waals surface area contributed by atoms with Gasteiger partial charge in [-0.1, -0.05) is 20.8 Å². The van der Waals surface area contributed by atoms with Gasteiger partial charge >= 0.3 is 0 Å². The molecular weight excluding hydrogens is 219 g/mol. The molecule has 1 aromatic rings. The number of hydrogen-bond acceptors (Lipinski definition) is 2. The summed E-state index contributed by atoms with van der Waals surface area (Å²) >= 11 is 0. The molecule has 2 atom stereocenters. The van der Waals surface area contributed by atoms with E-state index in [1.807, 2.05) is 20.8 Å². The van der Waals surface area contributed by atoms with Gasteiger partial charge < -0.3 is 9.84 Å². The van der Waals surface area contributed by atoms with Gasteiger partial charge in [-0.05, 0) is 43.0 Å². The lowest BCUT2D eigenvalue weighted by molar-refractivity contribution is 0.0219. The van der Waals surface area contributed by atoms with E-state index in [9.17, 15) is 9.50 Å². The third-order valence-corrected chi connectivity index (χ3v) is 2.85. The molecule has 0 radical (unpaired) electrons. The fraction of sp³-hybridized carbons (Fsp3) is 0.571. The molecule has 3 heteroatoms. The molecule has 0 spiro atoms. The summed E-state index contributed by atoms with van der Waals surface area (Å²) in [7, 11) is 0. The number of halogens is 1. The van der Waals surface area contributed by atoms with Crippen LogP contribution in [0.1, 0.15) is 39.2 Å². The van der Waals surface area contributed by atoms with E-state index in [0.29, 0.717) is 12.2 Å². The highest BCUT2D eigenvalue weighted by Gasteiger charge is 2.25. The van der Waals surface area contributed by atoms with Gasteiger partial charge in [-0.25, -0.2) is 4.39 Å². The van der Waals surface area contributed by atoms with Crippen LogP contribution in [0.4, 0.5) is 4.39 Å². The van der Waals surface area contributed by atoms with E-state index in [4.69, 9.17) is 4.74 Å². The number of rotatable bonds is 2. The van der Waals surface area contributed by atoms with E-state index in [0.717, 1.165) is 18.4 Å². The summed E-state index contributed by atoms with van der Waals surface area (Å²) in [6.45, 7) is 5.92. The summed E-state index contributed by atoms with van der Waals surface area (Å²) in [6, 6.07) is 4.53. The summed E-state index contributed by atoms with van der Waals surface area (Å²) in [5.41, 5.74) is 0.898. The minimum absolute atomic E-state index is 0.145. The molecule has 0 saturated carbocycles. The number of ether oxygens (including phenoxy) is 1. The zero-order valence-corrected chi connectivity index (χ0v) is 10.7. The van der Waals surface area contributed by atoms with Gasteiger partial charge in [-0.2, -0.15) is 0 Å². The van der Waals surface area contributed by atoms with Crippen molar-refractivity contribution >= 4 is 0 Å². The van der Waals surface area contributed by atoms with Crippen LogP contribution in [0.25, 0.3) is 0 Å². The van der Waals surface area contributed by atoms with E-state index in [-0.39, 0.29) is 11.9 Å². The third-order valence-electron chi connectivity index (χ3n) is 2.85. The van der Waals surface area contributed by atoms with Crippen LogP contribution in [-0.4, -0.2) is 17.3 Å². The largest absolute Gasteiger partial charge is 0.487 e. The SMILES string of the molecule is CC.CCC(O)C1CCc2cc(F)ccc2O1. The summed E-state index contributed by atoms with van der Waals surface area (Å²) in [6.07, 6.45) is 1.64. The van der Waals surface area contributed by atoms with Crippen molar-refractivity contribution in [2.75, 3.05) is 0 Å². The summed E-state index contributed by atoms with van der Waals surface area (Å²) in [5, 5.41) is 9.66. The first kappa shape index (κ1) is 14.0. The van der Waals surface area contributed by atoms with Gasteiger partial charge in [0.1, 0.15) is 17.7 Å². The molecule has 1 aliphatic heterocycles. The topological polar surface area (TPSA) is 29.5 Å². The highest BCUT2D eigenvalue weighted by Crippen LogP contribution is 2.29. The Hall–Kier alpha value is -1.09. The van der Waals surface area contributed by atoms with Crippen molar-refractivity contribution in [2.24, 2.45) is 0 Å². The molecule has 0 aliphatic carbocycles. The number of aliphatic hydroxyl groups excluding tert-OH is 1. The second-order valence-electron chi connectivity index (χ2n) is 3.92. The van der Waals surface area contributed by atoms with E-state index in [1.165, 1.54) is 12.1 Å². The zero-order valence-electron chi connectivity index (χ0n) is 10.7. The Balaban J connectivity index is 0.000000686. The molecule has 1 heterocycles. The maximum Gasteiger partial charge on any atom is 0.125 e. The lowest BCUT2D eigenvalue weighted by Crippen LogP contribution is -2.34. The van der Waals surface area contributed by atoms with E-state index < -0.39 is 6.10 Å². The first-order chi connectivity index (χ1) is 8.20. The minimum atomic E-state index is -0.428. The number of aliphatic hydroxyl groups is 1. The summed E-state index contributed by atoms with van der Waals surface area (Å²) in [5.74, 6) is 0.479. The fourth-order valence-corrected chi connectivity index (χ4v) is 1.91. The van der Waals surface area contributed by atoms with Crippen LogP contribution in [0.5, 0.6) is 5.75 Å². The van der Waals surface area contributed by atoms with Crippen molar-refractivity contribution < 1.29 is 14.2 Å². The minimum Gasteiger partial charge on any atom is -0.487 e. The molecule has 0 aromatic heterocycles. The lowest BCUT2D eigenvalue weighted by Gasteiger charge is -2.29. The smallest absolute Gasteiger partial charge is 0.125 e. The number of hydrogen-bond donors (Lipinski definition) is 1. The van der Waals surface area contributed by atoms with Crippen LogP contribution >= 0.6 is 0 Å². The molecule has 0 bridgehead atoms. The zero-order chi connectivity index (χ0) is 12.8. The molecule has 1 aromatic carbocycles. The molecule has 2 nitrogen and oxygen atoms in total. The van der Waals surface area contributed by atoms with Crippen LogP contribution in [0.15, 0.2) is 18.2 Å². The van der Waals surface area contributed by atoms with Crippen LogP contribution in [0.3, 0.4) is 0 Å². The third kappa shape index (κ3) is 3.43. The normalized spacial score (nSPS) is 19.5. The van der Waals surface area contributed by atoms with Crippen LogP contribution in [-0.2, 0) is 6.42 Å². The van der Waals surface area contributed by atoms with Crippen molar-refractivity contribution in [3.8, 4) is 5.75 Å². The van der Waals surface area contributed by atoms with E-state index >= 15 is 0 Å². The van der Waals surface area contributed by atoms with Crippen molar-refractivity contribution in [3.63, 3.8) is 0 Å². The first-order valence-corrected chi connectivity index (χ1v) is 6.34. The Kier molecular flexibility index (Phi) is 5.42. The van der Waals surface area contributed by atoms with Gasteiger partial charge in [-0.3, -0.25) is 0 Å². The Bertz CT molecular complexity index is 352. The number of aryl methyl sites for hydroxylation is 1. The molecule has 1 aliphatic rings. The van der Waals surface area contributed by atoms with Crippen LogP contribution in [0, 0.1) is 5.82 Å². The van der Waals surface area contributed by atoms with Crippen LogP contribution < -0.4 is 4.74 Å². The average molecular weight is 240 g/mol. The van der Waals surface area contributed by atoms with Crippen molar-refractivity contribution in [1.82, 2.24) is 0 Å². The monoisotopic (exact) mass is 240 g/mol. The van der Waals surface area contributed by atoms with Gasteiger partial charge in [-0.15, -0.1) is 0 Å². The summed E-state index contributed by atoms with van der Waals surface area (Å²) in [4.78, 5) is 0. The van der Waals surface area contributed by atoms with Crippen molar-refractivity contribution in [1.29, 1.82) is 0 Å². The molecule has 0 fully saturated rings. The van der Waals surface area contributed by atoms with Crippen molar-refractivity contribution in [3.05, 3.63) is 29.6 Å². The Morgan fingerprint density at radius 3 is 2.82 bits per heavy atom. The first-order valence-electron chi connectivity index (χ1n) is 6.34. The molecule has 2 unspecified atom stereocenters. The Morgan fingerprint density at radius 1 is 1.47 bits per heavy atom. The average Bonchev–Trinajstić information content (AvgIpc) is 2.39. The molecule has 17 heavy (non-hydrogen) atoms. The Labute approximate surface area is 102 Å². The summed E-state index contributed by atoms with van der Waals surface area (Å²) < 4.78 is 18.5. The van der Waals surface area contributed by atoms with E-state index in [2.05, 4.69) is 0 Å². The van der Waals surface area contributed by atoms with Gasteiger partial charge in [0.25, 0.3) is 0 Å². The molecule has 2 rings (SSSR count). The van der Waals surface area contributed by atoms with Gasteiger partial charge in [0.15, 0.2) is 0 Å². The quantitative estimate of drug-likeness (QED) is 0.859. The highest BCUT2D eigenvalue weighted by atomic mass is 19.1. The second kappa shape index (κ2) is 6.60. The highest BCUT2D eigenvalue weighted by molar-refractivity contribution is 5.35. The number of fused-ring (bicyclic) bond motifs is 1. The molecule has 0 saturated heterocycles. The predicted octanol–water partition coefficient (Wildman–Crippen LogP) is 3.32. The maximum absolute atomic E-state index is 12.9. The van der Waals surface area contributed by atoms with Gasteiger partial charge in [0.05, 0.1) is 6.10 Å². The fourth-order valence-electron chi connectivity index (χ4n) is 1.91. The second-order valence-corrected chi connectivity index (χ2v) is 3.92. The van der Waals surface area contributed by atoms with Gasteiger partial charge in [0, 0.05) is 0 Å². The van der Waals surface area contributed by atoms with Crippen molar-refractivity contribution in [2.45, 2.75) is 52.2 Å². The predicted molar refractivity (Wildman–Crippen MR) is 66.8 cm³/mol. The van der Waals surface area contributed by atoms with Crippen LogP contribution in [0.2, 0.25) is 0 Å². The standard InChI is InChI=1S/C12H15FO2.C2H6/c1-2-10(14)12-5-3-8-7-9(13)4-6-11(8)15-12;1-2/h4,6-7,10,12,14H,2-3,5H2,1H3;1-2H3. The molecule has 96 valence electrons. The Morgan fingerprint density at radius 2 is 2.18 bits per heavy atom.